The summed E-state index contributed by atoms with van der Waals surface area (Å²) < 4.78 is 0. The molecular formula is C7H6N2O3. The largest absolute Gasteiger partial charge is 0.363 e. The second-order valence-corrected chi connectivity index (χ2v) is 2.13. The molecule has 0 atom stereocenters. The molecule has 5 nitrogen and oxygen atoms in total. The highest BCUT2D eigenvalue weighted by molar-refractivity contribution is 6.42. The third-order valence-electron chi connectivity index (χ3n) is 1.27. The number of hydrogen-bond acceptors (Lipinski definition) is 3. The maximum atomic E-state index is 10.9. The van der Waals surface area contributed by atoms with Crippen molar-refractivity contribution in [2.45, 2.75) is 0 Å². The first kappa shape index (κ1) is 8.19. The highest BCUT2D eigenvalue weighted by Crippen LogP contribution is 1.93. The summed E-state index contributed by atoms with van der Waals surface area (Å²) >= 11 is 0. The average Bonchev–Trinajstić information content (AvgIpc) is 2.04. The van der Waals surface area contributed by atoms with E-state index in [0.29, 0.717) is 0 Å². The summed E-state index contributed by atoms with van der Waals surface area (Å²) in [6, 6.07) is 2.39. The van der Waals surface area contributed by atoms with Gasteiger partial charge in [-0.2, -0.15) is 0 Å². The van der Waals surface area contributed by atoms with E-state index in [0.717, 1.165) is 12.3 Å². The molecule has 1 heterocycles. The maximum absolute atomic E-state index is 10.9. The number of carbonyl (C=O) groups excluding carboxylic acids is 2. The summed E-state index contributed by atoms with van der Waals surface area (Å²) in [5.41, 5.74) is 4.47. The monoisotopic (exact) mass is 166 g/mol. The second-order valence-electron chi connectivity index (χ2n) is 2.13. The maximum Gasteiger partial charge on any atom is 0.289 e. The SMILES string of the molecule is NC(=O)C(=O)c1ccc(=O)[nH]c1. The smallest absolute Gasteiger partial charge is 0.289 e. The lowest BCUT2D eigenvalue weighted by Gasteiger charge is -1.92. The summed E-state index contributed by atoms with van der Waals surface area (Å²) in [6.07, 6.45) is 1.15. The lowest BCUT2D eigenvalue weighted by molar-refractivity contribution is -0.114. The molecule has 0 unspecified atom stereocenters. The molecule has 62 valence electrons. The molecule has 0 radical (unpaired) electrons. The number of carbonyl (C=O) groups is 2. The summed E-state index contributed by atoms with van der Waals surface area (Å²) in [5, 5.41) is 0. The molecule has 3 N–H and O–H groups in total. The number of H-pyrrole nitrogens is 1. The number of nitrogens with one attached hydrogen (secondary N) is 1. The molecule has 0 aliphatic rings. The van der Waals surface area contributed by atoms with E-state index in [9.17, 15) is 14.4 Å². The number of ketones is 1. The van der Waals surface area contributed by atoms with Crippen LogP contribution in [0.5, 0.6) is 0 Å². The van der Waals surface area contributed by atoms with Gasteiger partial charge >= 0.3 is 0 Å². The van der Waals surface area contributed by atoms with Crippen molar-refractivity contribution < 1.29 is 9.59 Å². The van der Waals surface area contributed by atoms with Crippen molar-refractivity contribution in [1.82, 2.24) is 4.98 Å². The molecule has 1 rings (SSSR count). The zero-order valence-corrected chi connectivity index (χ0v) is 6.03. The summed E-state index contributed by atoms with van der Waals surface area (Å²) in [6.45, 7) is 0. The summed E-state index contributed by atoms with van der Waals surface area (Å²) in [5.74, 6) is -1.85. The van der Waals surface area contributed by atoms with E-state index in [1.165, 1.54) is 6.07 Å². The van der Waals surface area contributed by atoms with Crippen molar-refractivity contribution in [3.05, 3.63) is 34.2 Å². The standard InChI is InChI=1S/C7H6N2O3/c8-7(12)6(11)4-1-2-5(10)9-3-4/h1-3H,(H2,8,12)(H,9,10). The van der Waals surface area contributed by atoms with Gasteiger partial charge in [-0.3, -0.25) is 14.4 Å². The van der Waals surface area contributed by atoms with Crippen LogP contribution < -0.4 is 11.3 Å². The van der Waals surface area contributed by atoms with E-state index in [-0.39, 0.29) is 11.1 Å². The van der Waals surface area contributed by atoms with Gasteiger partial charge in [0.1, 0.15) is 0 Å². The lowest BCUT2D eigenvalue weighted by atomic mass is 10.2. The molecule has 0 saturated heterocycles. The van der Waals surface area contributed by atoms with Crippen LogP contribution >= 0.6 is 0 Å². The van der Waals surface area contributed by atoms with Crippen LogP contribution in [-0.4, -0.2) is 16.7 Å². The number of aromatic nitrogens is 1. The molecule has 0 aliphatic carbocycles. The molecule has 0 bridgehead atoms. The molecule has 1 aromatic heterocycles. The molecule has 12 heavy (non-hydrogen) atoms. The van der Waals surface area contributed by atoms with Crippen LogP contribution in [0, 0.1) is 0 Å². The Morgan fingerprint density at radius 1 is 1.33 bits per heavy atom. The minimum atomic E-state index is -1.04. The average molecular weight is 166 g/mol. The number of rotatable bonds is 2. The van der Waals surface area contributed by atoms with Gasteiger partial charge in [0, 0.05) is 17.8 Å². The van der Waals surface area contributed by atoms with Crippen LogP contribution in [0.25, 0.3) is 0 Å². The van der Waals surface area contributed by atoms with Crippen LogP contribution in [0.15, 0.2) is 23.1 Å². The molecule has 1 aromatic rings. The fraction of sp³-hybridized carbons (Fsp3) is 0. The predicted molar refractivity (Wildman–Crippen MR) is 40.6 cm³/mol. The predicted octanol–water partition coefficient (Wildman–Crippen LogP) is -0.957. The van der Waals surface area contributed by atoms with Crippen LogP contribution in [0.2, 0.25) is 0 Å². The fourth-order valence-corrected chi connectivity index (χ4v) is 0.694. The van der Waals surface area contributed by atoms with E-state index < -0.39 is 11.7 Å². The van der Waals surface area contributed by atoms with Crippen molar-refractivity contribution in [3.63, 3.8) is 0 Å². The first-order valence-electron chi connectivity index (χ1n) is 3.14. The number of aromatic amines is 1. The van der Waals surface area contributed by atoms with Gasteiger partial charge in [0.2, 0.25) is 5.56 Å². The quantitative estimate of drug-likeness (QED) is 0.437. The van der Waals surface area contributed by atoms with Gasteiger partial charge in [-0.1, -0.05) is 0 Å². The van der Waals surface area contributed by atoms with Gasteiger partial charge in [-0.25, -0.2) is 0 Å². The normalized spacial score (nSPS) is 9.33. The zero-order valence-electron chi connectivity index (χ0n) is 6.03. The molecule has 5 heteroatoms. The molecule has 0 aromatic carbocycles. The number of Topliss-reactive ketones (excluding diaryl/α,β-unsaturated/α-hetero) is 1. The lowest BCUT2D eigenvalue weighted by Crippen LogP contribution is -2.23. The zero-order chi connectivity index (χ0) is 9.14. The molecule has 0 spiro atoms. The first-order chi connectivity index (χ1) is 5.61. The van der Waals surface area contributed by atoms with E-state index in [4.69, 9.17) is 5.73 Å². The second kappa shape index (κ2) is 3.00. The van der Waals surface area contributed by atoms with Gasteiger partial charge in [0.25, 0.3) is 11.7 Å². The van der Waals surface area contributed by atoms with Gasteiger partial charge in [-0.05, 0) is 6.07 Å². The van der Waals surface area contributed by atoms with Gasteiger partial charge < -0.3 is 10.7 Å². The van der Waals surface area contributed by atoms with Crippen LogP contribution in [0.1, 0.15) is 10.4 Å². The van der Waals surface area contributed by atoms with E-state index in [1.54, 1.807) is 0 Å². The number of hydrogen-bond donors (Lipinski definition) is 2. The fourth-order valence-electron chi connectivity index (χ4n) is 0.694. The van der Waals surface area contributed by atoms with E-state index in [1.807, 2.05) is 0 Å². The van der Waals surface area contributed by atoms with Gasteiger partial charge in [0.05, 0.1) is 0 Å². The minimum absolute atomic E-state index is 0.0853. The first-order valence-corrected chi connectivity index (χ1v) is 3.14. The number of nitrogens with two attached hydrogens (primary N) is 1. The Kier molecular flexibility index (Phi) is 2.05. The van der Waals surface area contributed by atoms with Gasteiger partial charge in [-0.15, -0.1) is 0 Å². The van der Waals surface area contributed by atoms with Crippen molar-refractivity contribution in [2.75, 3.05) is 0 Å². The number of pyridine rings is 1. The Morgan fingerprint density at radius 2 is 2.00 bits per heavy atom. The summed E-state index contributed by atoms with van der Waals surface area (Å²) in [4.78, 5) is 34.0. The Morgan fingerprint density at radius 3 is 2.42 bits per heavy atom. The summed E-state index contributed by atoms with van der Waals surface area (Å²) in [7, 11) is 0. The minimum Gasteiger partial charge on any atom is -0.363 e. The van der Waals surface area contributed by atoms with Crippen molar-refractivity contribution in [1.29, 1.82) is 0 Å². The van der Waals surface area contributed by atoms with Crippen molar-refractivity contribution in [2.24, 2.45) is 5.73 Å². The highest BCUT2D eigenvalue weighted by atomic mass is 16.2. The van der Waals surface area contributed by atoms with Crippen LogP contribution in [0.3, 0.4) is 0 Å². The molecule has 1 amide bonds. The van der Waals surface area contributed by atoms with E-state index >= 15 is 0 Å². The number of amides is 1. The molecule has 0 saturated carbocycles. The Bertz CT molecular complexity index is 360. The Labute approximate surface area is 67.2 Å². The Hall–Kier alpha value is -1.91. The van der Waals surface area contributed by atoms with Crippen molar-refractivity contribution >= 4 is 11.7 Å². The number of primary amides is 1. The van der Waals surface area contributed by atoms with Crippen LogP contribution in [0.4, 0.5) is 0 Å². The van der Waals surface area contributed by atoms with Gasteiger partial charge in [0.15, 0.2) is 0 Å². The molecular weight excluding hydrogens is 160 g/mol. The highest BCUT2D eigenvalue weighted by Gasteiger charge is 2.11. The van der Waals surface area contributed by atoms with Crippen LogP contribution in [-0.2, 0) is 4.79 Å². The van der Waals surface area contributed by atoms with Crippen molar-refractivity contribution in [3.8, 4) is 0 Å². The third kappa shape index (κ3) is 1.57. The topological polar surface area (TPSA) is 93.0 Å². The Balaban J connectivity index is 3.05. The molecule has 0 aliphatic heterocycles. The third-order valence-corrected chi connectivity index (χ3v) is 1.27. The molecule has 0 fully saturated rings. The van der Waals surface area contributed by atoms with E-state index in [2.05, 4.69) is 4.98 Å².